The van der Waals surface area contributed by atoms with Gasteiger partial charge in [-0.25, -0.2) is 4.98 Å². The monoisotopic (exact) mass is 181 g/mol. The number of nitriles is 1. The van der Waals surface area contributed by atoms with Crippen LogP contribution in [0.3, 0.4) is 0 Å². The molecule has 0 aliphatic rings. The summed E-state index contributed by atoms with van der Waals surface area (Å²) in [7, 11) is 0. The van der Waals surface area contributed by atoms with Crippen molar-refractivity contribution in [2.75, 3.05) is 0 Å². The van der Waals surface area contributed by atoms with E-state index in [9.17, 15) is 4.79 Å². The minimum absolute atomic E-state index is 0.000880. The molecule has 1 aromatic rings. The molecule has 4 nitrogen and oxygen atoms in total. The van der Waals surface area contributed by atoms with Crippen LogP contribution in [-0.4, -0.2) is 10.9 Å². The molecule has 1 amide bonds. The second kappa shape index (κ2) is 3.20. The van der Waals surface area contributed by atoms with Gasteiger partial charge in [0.2, 0.25) is 0 Å². The lowest BCUT2D eigenvalue weighted by molar-refractivity contribution is 0.0995. The Kier molecular flexibility index (Phi) is 2.26. The molecule has 1 rings (SSSR count). The van der Waals surface area contributed by atoms with Crippen LogP contribution >= 0.6 is 11.6 Å². The van der Waals surface area contributed by atoms with Crippen molar-refractivity contribution in [3.05, 3.63) is 28.5 Å². The molecule has 0 atom stereocenters. The lowest BCUT2D eigenvalue weighted by atomic mass is 10.3. The predicted octanol–water partition coefficient (Wildman–Crippen LogP) is 0.706. The third-order valence-corrected chi connectivity index (χ3v) is 1.38. The summed E-state index contributed by atoms with van der Waals surface area (Å²) >= 11 is 5.57. The second-order valence-corrected chi connectivity index (χ2v) is 2.47. The van der Waals surface area contributed by atoms with Gasteiger partial charge in [-0.1, -0.05) is 11.6 Å². The van der Waals surface area contributed by atoms with Crippen LogP contribution in [0.25, 0.3) is 0 Å². The van der Waals surface area contributed by atoms with E-state index in [4.69, 9.17) is 22.6 Å². The maximum atomic E-state index is 10.6. The van der Waals surface area contributed by atoms with Gasteiger partial charge in [-0.3, -0.25) is 4.79 Å². The molecule has 0 radical (unpaired) electrons. The minimum Gasteiger partial charge on any atom is -0.364 e. The zero-order valence-electron chi connectivity index (χ0n) is 5.91. The average molecular weight is 182 g/mol. The topological polar surface area (TPSA) is 79.8 Å². The van der Waals surface area contributed by atoms with E-state index in [1.165, 1.54) is 12.1 Å². The molecule has 0 saturated heterocycles. The summed E-state index contributed by atoms with van der Waals surface area (Å²) < 4.78 is 0. The average Bonchev–Trinajstić information content (AvgIpc) is 2.03. The number of amides is 1. The molecular formula is C7H4ClN3O. The van der Waals surface area contributed by atoms with Gasteiger partial charge >= 0.3 is 0 Å². The van der Waals surface area contributed by atoms with E-state index in [0.29, 0.717) is 0 Å². The Morgan fingerprint density at radius 1 is 1.67 bits per heavy atom. The summed E-state index contributed by atoms with van der Waals surface area (Å²) in [5.41, 5.74) is 5.02. The summed E-state index contributed by atoms with van der Waals surface area (Å²) in [5.74, 6) is -0.700. The number of aromatic nitrogens is 1. The lowest BCUT2D eigenvalue weighted by Gasteiger charge is -1.95. The van der Waals surface area contributed by atoms with Gasteiger partial charge in [0.1, 0.15) is 17.5 Å². The minimum atomic E-state index is -0.700. The molecule has 0 aromatic carbocycles. The number of primary amides is 1. The smallest absolute Gasteiger partial charge is 0.267 e. The first-order valence-electron chi connectivity index (χ1n) is 3.01. The van der Waals surface area contributed by atoms with Gasteiger partial charge in [-0.15, -0.1) is 0 Å². The van der Waals surface area contributed by atoms with Crippen molar-refractivity contribution in [2.45, 2.75) is 0 Å². The van der Waals surface area contributed by atoms with Crippen LogP contribution < -0.4 is 5.73 Å². The summed E-state index contributed by atoms with van der Waals surface area (Å²) in [6.07, 6.45) is 0. The van der Waals surface area contributed by atoms with Crippen LogP contribution in [0.15, 0.2) is 12.1 Å². The Labute approximate surface area is 73.6 Å². The van der Waals surface area contributed by atoms with Crippen LogP contribution in [-0.2, 0) is 0 Å². The largest absolute Gasteiger partial charge is 0.364 e. The fourth-order valence-corrected chi connectivity index (χ4v) is 0.887. The first-order chi connectivity index (χ1) is 5.63. The van der Waals surface area contributed by atoms with Crippen molar-refractivity contribution in [3.8, 4) is 6.07 Å². The first kappa shape index (κ1) is 8.50. The zero-order valence-corrected chi connectivity index (χ0v) is 6.67. The molecule has 1 heterocycles. The van der Waals surface area contributed by atoms with E-state index < -0.39 is 5.91 Å². The number of pyridine rings is 1. The number of hydrogen-bond donors (Lipinski definition) is 1. The fraction of sp³-hybridized carbons (Fsp3) is 0. The number of rotatable bonds is 1. The van der Waals surface area contributed by atoms with Crippen LogP contribution in [0.4, 0.5) is 0 Å². The molecule has 0 spiro atoms. The highest BCUT2D eigenvalue weighted by Crippen LogP contribution is 2.10. The summed E-state index contributed by atoms with van der Waals surface area (Å²) in [5, 5.41) is 8.72. The van der Waals surface area contributed by atoms with Gasteiger partial charge in [0.25, 0.3) is 5.91 Å². The van der Waals surface area contributed by atoms with Crippen molar-refractivity contribution in [3.63, 3.8) is 0 Å². The van der Waals surface area contributed by atoms with Crippen LogP contribution in [0.1, 0.15) is 16.2 Å². The maximum absolute atomic E-state index is 10.6. The molecule has 0 aliphatic carbocycles. The molecule has 0 unspecified atom stereocenters. The molecule has 0 aliphatic heterocycles. The Morgan fingerprint density at radius 2 is 2.33 bits per heavy atom. The number of carbonyl (C=O) groups is 1. The summed E-state index contributed by atoms with van der Waals surface area (Å²) in [4.78, 5) is 14.2. The third-order valence-electron chi connectivity index (χ3n) is 1.16. The Morgan fingerprint density at radius 3 is 2.83 bits per heavy atom. The summed E-state index contributed by atoms with van der Waals surface area (Å²) in [6.45, 7) is 0. The molecule has 5 heteroatoms. The van der Waals surface area contributed by atoms with E-state index in [-0.39, 0.29) is 16.4 Å². The Balaban J connectivity index is 3.26. The van der Waals surface area contributed by atoms with Gasteiger partial charge in [-0.05, 0) is 12.1 Å². The van der Waals surface area contributed by atoms with Crippen LogP contribution in [0.5, 0.6) is 0 Å². The zero-order chi connectivity index (χ0) is 9.14. The van der Waals surface area contributed by atoms with Crippen LogP contribution in [0.2, 0.25) is 5.02 Å². The molecule has 2 N–H and O–H groups in total. The molecule has 12 heavy (non-hydrogen) atoms. The van der Waals surface area contributed by atoms with E-state index in [1.54, 1.807) is 6.07 Å². The van der Waals surface area contributed by atoms with E-state index in [1.807, 2.05) is 0 Å². The molecule has 60 valence electrons. The quantitative estimate of drug-likeness (QED) is 0.693. The Bertz CT molecular complexity index is 369. The van der Waals surface area contributed by atoms with Crippen LogP contribution in [0, 0.1) is 11.3 Å². The number of nitrogens with zero attached hydrogens (tertiary/aromatic N) is 2. The number of hydrogen-bond acceptors (Lipinski definition) is 3. The number of halogens is 1. The molecule has 0 saturated carbocycles. The van der Waals surface area contributed by atoms with Crippen molar-refractivity contribution >= 4 is 17.5 Å². The maximum Gasteiger partial charge on any atom is 0.267 e. The molecule has 0 bridgehead atoms. The van der Waals surface area contributed by atoms with Crippen molar-refractivity contribution < 1.29 is 4.79 Å². The Hall–Kier alpha value is -1.60. The van der Waals surface area contributed by atoms with Crippen molar-refractivity contribution in [2.24, 2.45) is 5.73 Å². The standard InChI is InChI=1S/C7H4ClN3O/c8-4-1-5(3-9)11-6(2-4)7(10)12/h1-2H,(H2,10,12). The third kappa shape index (κ3) is 1.71. The van der Waals surface area contributed by atoms with E-state index >= 15 is 0 Å². The van der Waals surface area contributed by atoms with E-state index in [0.717, 1.165) is 0 Å². The van der Waals surface area contributed by atoms with Gasteiger partial charge in [0.15, 0.2) is 0 Å². The molecular weight excluding hydrogens is 178 g/mol. The number of nitrogens with two attached hydrogens (primary N) is 1. The highest BCUT2D eigenvalue weighted by atomic mass is 35.5. The fourth-order valence-electron chi connectivity index (χ4n) is 0.681. The summed E-state index contributed by atoms with van der Waals surface area (Å²) in [6, 6.07) is 4.43. The van der Waals surface area contributed by atoms with E-state index in [2.05, 4.69) is 4.98 Å². The molecule has 1 aromatic heterocycles. The second-order valence-electron chi connectivity index (χ2n) is 2.03. The first-order valence-corrected chi connectivity index (χ1v) is 3.39. The van der Waals surface area contributed by atoms with Crippen molar-refractivity contribution in [1.29, 1.82) is 5.26 Å². The van der Waals surface area contributed by atoms with Gasteiger partial charge in [0, 0.05) is 5.02 Å². The predicted molar refractivity (Wildman–Crippen MR) is 42.5 cm³/mol. The van der Waals surface area contributed by atoms with Gasteiger partial charge in [0.05, 0.1) is 0 Å². The van der Waals surface area contributed by atoms with Gasteiger partial charge in [-0.2, -0.15) is 5.26 Å². The highest BCUT2D eigenvalue weighted by molar-refractivity contribution is 6.31. The number of carbonyl (C=O) groups excluding carboxylic acids is 1. The lowest BCUT2D eigenvalue weighted by Crippen LogP contribution is -2.13. The highest BCUT2D eigenvalue weighted by Gasteiger charge is 2.05. The van der Waals surface area contributed by atoms with Crippen molar-refractivity contribution in [1.82, 2.24) is 4.98 Å². The normalized spacial score (nSPS) is 9.00. The molecule has 0 fully saturated rings. The SMILES string of the molecule is N#Cc1cc(Cl)cc(C(N)=O)n1. The van der Waals surface area contributed by atoms with Gasteiger partial charge < -0.3 is 5.73 Å².